The zero-order valence-electron chi connectivity index (χ0n) is 17.5. The van der Waals surface area contributed by atoms with Crippen molar-refractivity contribution in [3.63, 3.8) is 0 Å². The normalized spacial score (nSPS) is 14.5. The number of aliphatic imine (C=N–C) groups is 1. The van der Waals surface area contributed by atoms with E-state index < -0.39 is 0 Å². The van der Waals surface area contributed by atoms with Gasteiger partial charge in [-0.05, 0) is 30.5 Å². The highest BCUT2D eigenvalue weighted by Gasteiger charge is 2.20. The fourth-order valence-corrected chi connectivity index (χ4v) is 4.39. The lowest BCUT2D eigenvalue weighted by Crippen LogP contribution is -2.29. The molecule has 0 bridgehead atoms. The second-order valence-corrected chi connectivity index (χ2v) is 9.12. The summed E-state index contributed by atoms with van der Waals surface area (Å²) in [6, 6.07) is 8.11. The molecule has 1 aliphatic heterocycles. The average molecular weight is 446 g/mol. The Morgan fingerprint density at radius 3 is 2.73 bits per heavy atom. The number of ether oxygens (including phenoxy) is 1. The Bertz CT molecular complexity index is 909. The fraction of sp³-hybridized carbons (Fsp3) is 0.429. The number of allylic oxidation sites excluding steroid dienone is 1. The number of benzene rings is 1. The van der Waals surface area contributed by atoms with Gasteiger partial charge in [0.15, 0.2) is 22.3 Å². The average Bonchev–Trinajstić information content (AvgIpc) is 3.37. The molecule has 0 saturated carbocycles. The molecule has 7 nitrogen and oxygen atoms in total. The Balaban J connectivity index is 1.64. The first-order valence-corrected chi connectivity index (χ1v) is 11.9. The van der Waals surface area contributed by atoms with Crippen molar-refractivity contribution in [1.29, 1.82) is 0 Å². The van der Waals surface area contributed by atoms with Crippen molar-refractivity contribution < 1.29 is 9.53 Å². The molecule has 30 heavy (non-hydrogen) atoms. The number of nitrogens with one attached hydrogen (secondary N) is 1. The van der Waals surface area contributed by atoms with E-state index in [0.29, 0.717) is 28.6 Å². The predicted octanol–water partition coefficient (Wildman–Crippen LogP) is 4.04. The zero-order chi connectivity index (χ0) is 21.5. The third-order valence-corrected chi connectivity index (χ3v) is 6.30. The number of hydrogen-bond donors (Lipinski definition) is 1. The Hall–Kier alpha value is -2.26. The highest BCUT2D eigenvalue weighted by Crippen LogP contribution is 2.26. The maximum atomic E-state index is 12.2. The molecule has 0 fully saturated rings. The van der Waals surface area contributed by atoms with Gasteiger partial charge in [-0.1, -0.05) is 55.6 Å². The van der Waals surface area contributed by atoms with Crippen LogP contribution in [0.5, 0.6) is 5.75 Å². The minimum absolute atomic E-state index is 0.0996. The number of rotatable bonds is 9. The van der Waals surface area contributed by atoms with Crippen LogP contribution in [0.15, 0.2) is 47.1 Å². The molecule has 1 aromatic carbocycles. The highest BCUT2D eigenvalue weighted by molar-refractivity contribution is 8.14. The molecule has 1 amide bonds. The lowest BCUT2D eigenvalue weighted by Gasteiger charge is -2.16. The highest BCUT2D eigenvalue weighted by atomic mass is 32.2. The smallest absolute Gasteiger partial charge is 0.236 e. The Morgan fingerprint density at radius 2 is 2.10 bits per heavy atom. The van der Waals surface area contributed by atoms with Gasteiger partial charge in [0.2, 0.25) is 5.91 Å². The van der Waals surface area contributed by atoms with E-state index in [-0.39, 0.29) is 17.8 Å². The molecule has 1 N–H and O–H groups in total. The maximum absolute atomic E-state index is 12.2. The Labute approximate surface area is 185 Å². The van der Waals surface area contributed by atoms with Gasteiger partial charge in [0.05, 0.1) is 12.3 Å². The molecule has 160 valence electrons. The van der Waals surface area contributed by atoms with Gasteiger partial charge in [-0.2, -0.15) is 0 Å². The predicted molar refractivity (Wildman–Crippen MR) is 123 cm³/mol. The molecule has 1 aliphatic rings. The van der Waals surface area contributed by atoms with Crippen LogP contribution in [0.4, 0.5) is 0 Å². The summed E-state index contributed by atoms with van der Waals surface area (Å²) in [5.74, 6) is 3.00. The Morgan fingerprint density at radius 1 is 1.33 bits per heavy atom. The van der Waals surface area contributed by atoms with E-state index in [1.54, 1.807) is 17.8 Å². The fourth-order valence-electron chi connectivity index (χ4n) is 2.89. The first kappa shape index (κ1) is 22.4. The summed E-state index contributed by atoms with van der Waals surface area (Å²) >= 11 is 2.90. The van der Waals surface area contributed by atoms with E-state index in [9.17, 15) is 4.79 Å². The first-order chi connectivity index (χ1) is 14.5. The number of hydrogen-bond acceptors (Lipinski definition) is 7. The number of aromatic nitrogens is 3. The van der Waals surface area contributed by atoms with Gasteiger partial charge in [0.1, 0.15) is 5.75 Å². The van der Waals surface area contributed by atoms with E-state index in [1.165, 1.54) is 17.3 Å². The number of thioether (sulfide) groups is 2. The van der Waals surface area contributed by atoms with Gasteiger partial charge in [0.25, 0.3) is 0 Å². The molecule has 1 aromatic heterocycles. The lowest BCUT2D eigenvalue weighted by atomic mass is 10.0. The molecule has 1 atom stereocenters. The molecule has 9 heteroatoms. The van der Waals surface area contributed by atoms with Gasteiger partial charge >= 0.3 is 0 Å². The molecular formula is C21H27N5O2S2. The van der Waals surface area contributed by atoms with Crippen LogP contribution in [-0.2, 0) is 11.3 Å². The number of amidine groups is 1. The zero-order valence-corrected chi connectivity index (χ0v) is 19.1. The van der Waals surface area contributed by atoms with Crippen molar-refractivity contribution in [2.24, 2.45) is 4.99 Å². The van der Waals surface area contributed by atoms with Gasteiger partial charge in [-0.25, -0.2) is 0 Å². The van der Waals surface area contributed by atoms with E-state index in [4.69, 9.17) is 4.74 Å². The van der Waals surface area contributed by atoms with Crippen LogP contribution in [0.2, 0.25) is 0 Å². The maximum Gasteiger partial charge on any atom is 0.236 e. The van der Waals surface area contributed by atoms with Crippen molar-refractivity contribution in [3.05, 3.63) is 48.3 Å². The summed E-state index contributed by atoms with van der Waals surface area (Å²) in [4.78, 5) is 16.4. The van der Waals surface area contributed by atoms with E-state index in [0.717, 1.165) is 18.0 Å². The van der Waals surface area contributed by atoms with Crippen LogP contribution in [0, 0.1) is 0 Å². The number of amides is 1. The molecular weight excluding hydrogens is 418 g/mol. The second kappa shape index (κ2) is 10.7. The molecule has 2 aromatic rings. The van der Waals surface area contributed by atoms with Crippen LogP contribution in [0.25, 0.3) is 0 Å². The summed E-state index contributed by atoms with van der Waals surface area (Å²) in [5.41, 5.74) is 1.27. The third kappa shape index (κ3) is 5.89. The lowest BCUT2D eigenvalue weighted by molar-refractivity contribution is -0.117. The SMILES string of the molecule is C=CCn1c(SCC(=O)NC2=NCCS2)nnc1C(C)Oc1ccc(C(C)C)cc1. The monoisotopic (exact) mass is 445 g/mol. The van der Waals surface area contributed by atoms with Crippen molar-refractivity contribution >= 4 is 34.6 Å². The van der Waals surface area contributed by atoms with Gasteiger partial charge in [0, 0.05) is 12.3 Å². The van der Waals surface area contributed by atoms with Crippen LogP contribution in [0.3, 0.4) is 0 Å². The minimum atomic E-state index is -0.297. The van der Waals surface area contributed by atoms with Crippen LogP contribution >= 0.6 is 23.5 Å². The standard InChI is InChI=1S/C21H27N5O2S2/c1-5-11-26-19(15(4)28-17-8-6-16(7-9-17)14(2)3)24-25-21(26)30-13-18(27)23-20-22-10-12-29-20/h5-9,14-15H,1,10-13H2,2-4H3,(H,22,23,27). The van der Waals surface area contributed by atoms with Crippen LogP contribution in [-0.4, -0.2) is 43.9 Å². The molecule has 0 saturated heterocycles. The molecule has 0 aliphatic carbocycles. The number of carbonyl (C=O) groups excluding carboxylic acids is 1. The van der Waals surface area contributed by atoms with E-state index in [1.807, 2.05) is 23.6 Å². The minimum Gasteiger partial charge on any atom is -0.483 e. The molecule has 3 rings (SSSR count). The van der Waals surface area contributed by atoms with Gasteiger partial charge in [-0.3, -0.25) is 14.4 Å². The van der Waals surface area contributed by atoms with Crippen molar-refractivity contribution in [1.82, 2.24) is 20.1 Å². The van der Waals surface area contributed by atoms with Gasteiger partial charge in [-0.15, -0.1) is 16.8 Å². The van der Waals surface area contributed by atoms with Crippen molar-refractivity contribution in [2.75, 3.05) is 18.1 Å². The first-order valence-electron chi connectivity index (χ1n) is 9.88. The topological polar surface area (TPSA) is 81.4 Å². The van der Waals surface area contributed by atoms with E-state index >= 15 is 0 Å². The summed E-state index contributed by atoms with van der Waals surface area (Å²) in [6.45, 7) is 11.4. The number of carbonyl (C=O) groups is 1. The quantitative estimate of drug-likeness (QED) is 0.463. The molecule has 0 radical (unpaired) electrons. The summed E-state index contributed by atoms with van der Waals surface area (Å²) in [6.07, 6.45) is 1.49. The van der Waals surface area contributed by atoms with Gasteiger partial charge < -0.3 is 10.1 Å². The van der Waals surface area contributed by atoms with E-state index in [2.05, 4.69) is 53.1 Å². The van der Waals surface area contributed by atoms with Crippen molar-refractivity contribution in [2.45, 2.75) is 44.5 Å². The molecule has 0 spiro atoms. The Kier molecular flexibility index (Phi) is 7.98. The molecule has 1 unspecified atom stereocenters. The van der Waals surface area contributed by atoms with Crippen molar-refractivity contribution in [3.8, 4) is 5.75 Å². The third-order valence-electron chi connectivity index (χ3n) is 4.44. The second-order valence-electron chi connectivity index (χ2n) is 7.10. The summed E-state index contributed by atoms with van der Waals surface area (Å²) < 4.78 is 8.02. The number of nitrogens with zero attached hydrogens (tertiary/aromatic N) is 4. The summed E-state index contributed by atoms with van der Waals surface area (Å²) in [7, 11) is 0. The largest absolute Gasteiger partial charge is 0.483 e. The van der Waals surface area contributed by atoms with Crippen LogP contribution < -0.4 is 10.1 Å². The van der Waals surface area contributed by atoms with Crippen LogP contribution in [0.1, 0.15) is 44.2 Å². The summed E-state index contributed by atoms with van der Waals surface area (Å²) in [5, 5.41) is 12.8. The molecule has 2 heterocycles.